The number of hydrogen-bond donors (Lipinski definition) is 2. The fourth-order valence-corrected chi connectivity index (χ4v) is 3.11. The summed E-state index contributed by atoms with van der Waals surface area (Å²) in [5, 5.41) is 5.73. The maximum atomic E-state index is 12.8. The number of benzene rings is 3. The van der Waals surface area contributed by atoms with Crippen LogP contribution in [0.4, 0.5) is 11.4 Å². The monoisotopic (exact) mass is 418 g/mol. The van der Waals surface area contributed by atoms with Gasteiger partial charge in [0.1, 0.15) is 11.5 Å². The van der Waals surface area contributed by atoms with E-state index in [0.717, 1.165) is 5.56 Å². The topological polar surface area (TPSA) is 76.7 Å². The lowest BCUT2D eigenvalue weighted by molar-refractivity contribution is 0.101. The maximum Gasteiger partial charge on any atom is 0.255 e. The first kappa shape index (κ1) is 21.9. The molecule has 0 aliphatic heterocycles. The van der Waals surface area contributed by atoms with E-state index < -0.39 is 0 Å². The Balaban J connectivity index is 1.75. The van der Waals surface area contributed by atoms with Crippen molar-refractivity contribution in [1.29, 1.82) is 0 Å². The molecule has 0 aliphatic rings. The van der Waals surface area contributed by atoms with Crippen molar-refractivity contribution < 1.29 is 19.1 Å². The SMILES string of the molecule is CCOc1cc(OCC)cc(C(=O)Nc2cccc(NC(=O)c3ccccc3C)c2)c1. The van der Waals surface area contributed by atoms with Gasteiger partial charge in [0.2, 0.25) is 0 Å². The van der Waals surface area contributed by atoms with E-state index >= 15 is 0 Å². The van der Waals surface area contributed by atoms with E-state index in [9.17, 15) is 9.59 Å². The van der Waals surface area contributed by atoms with Crippen molar-refractivity contribution in [1.82, 2.24) is 0 Å². The normalized spacial score (nSPS) is 10.3. The van der Waals surface area contributed by atoms with Gasteiger partial charge in [-0.25, -0.2) is 0 Å². The highest BCUT2D eigenvalue weighted by atomic mass is 16.5. The predicted molar refractivity (Wildman–Crippen MR) is 122 cm³/mol. The average molecular weight is 418 g/mol. The standard InChI is InChI=1S/C25H26N2O4/c1-4-30-21-13-18(14-22(16-21)31-5-2)24(28)26-19-10-8-11-20(15-19)27-25(29)23-12-7-6-9-17(23)3/h6-16H,4-5H2,1-3H3,(H,26,28)(H,27,29). The number of anilines is 2. The molecule has 160 valence electrons. The Hall–Kier alpha value is -3.80. The number of hydrogen-bond acceptors (Lipinski definition) is 4. The van der Waals surface area contributed by atoms with Gasteiger partial charge in [0.15, 0.2) is 0 Å². The second-order valence-corrected chi connectivity index (χ2v) is 6.86. The fraction of sp³-hybridized carbons (Fsp3) is 0.200. The zero-order valence-electron chi connectivity index (χ0n) is 17.9. The Kier molecular flexibility index (Phi) is 7.27. The minimum absolute atomic E-state index is 0.202. The van der Waals surface area contributed by atoms with E-state index in [0.29, 0.717) is 47.2 Å². The van der Waals surface area contributed by atoms with Gasteiger partial charge in [-0.15, -0.1) is 0 Å². The number of carbonyl (C=O) groups is 2. The van der Waals surface area contributed by atoms with Gasteiger partial charge < -0.3 is 20.1 Å². The molecule has 0 saturated carbocycles. The second kappa shape index (κ2) is 10.3. The van der Waals surface area contributed by atoms with Crippen LogP contribution in [0, 0.1) is 6.92 Å². The van der Waals surface area contributed by atoms with E-state index in [1.807, 2.05) is 39.0 Å². The minimum Gasteiger partial charge on any atom is -0.494 e. The molecule has 3 aromatic rings. The molecule has 3 aromatic carbocycles. The Bertz CT molecular complexity index is 1050. The van der Waals surface area contributed by atoms with E-state index in [4.69, 9.17) is 9.47 Å². The maximum absolute atomic E-state index is 12.8. The molecule has 0 aromatic heterocycles. The summed E-state index contributed by atoms with van der Waals surface area (Å²) in [7, 11) is 0. The van der Waals surface area contributed by atoms with Crippen molar-refractivity contribution in [3.05, 3.63) is 83.4 Å². The molecule has 2 amide bonds. The van der Waals surface area contributed by atoms with Gasteiger partial charge in [-0.1, -0.05) is 24.3 Å². The Morgan fingerprint density at radius 1 is 0.742 bits per heavy atom. The Morgan fingerprint density at radius 3 is 1.90 bits per heavy atom. The fourth-order valence-electron chi connectivity index (χ4n) is 3.11. The van der Waals surface area contributed by atoms with E-state index in [1.54, 1.807) is 48.5 Å². The molecule has 0 unspecified atom stereocenters. The zero-order valence-corrected chi connectivity index (χ0v) is 17.9. The third-order valence-electron chi connectivity index (χ3n) is 4.53. The van der Waals surface area contributed by atoms with Crippen LogP contribution in [0.3, 0.4) is 0 Å². The largest absolute Gasteiger partial charge is 0.494 e. The smallest absolute Gasteiger partial charge is 0.255 e. The highest BCUT2D eigenvalue weighted by molar-refractivity contribution is 6.07. The molecule has 6 heteroatoms. The molecule has 0 saturated heterocycles. The number of nitrogens with one attached hydrogen (secondary N) is 2. The number of aryl methyl sites for hydroxylation is 1. The van der Waals surface area contributed by atoms with Crippen LogP contribution in [0.1, 0.15) is 40.1 Å². The summed E-state index contributed by atoms with van der Waals surface area (Å²) in [5.41, 5.74) is 3.07. The molecule has 0 atom stereocenters. The molecule has 0 heterocycles. The quantitative estimate of drug-likeness (QED) is 0.521. The first-order chi connectivity index (χ1) is 15.0. The molecule has 0 fully saturated rings. The highest BCUT2D eigenvalue weighted by Crippen LogP contribution is 2.25. The van der Waals surface area contributed by atoms with Crippen LogP contribution in [0.15, 0.2) is 66.7 Å². The van der Waals surface area contributed by atoms with Gasteiger partial charge in [-0.2, -0.15) is 0 Å². The molecule has 2 N–H and O–H groups in total. The molecule has 0 bridgehead atoms. The van der Waals surface area contributed by atoms with Gasteiger partial charge in [0, 0.05) is 28.6 Å². The van der Waals surface area contributed by atoms with Gasteiger partial charge in [0.25, 0.3) is 11.8 Å². The summed E-state index contributed by atoms with van der Waals surface area (Å²) >= 11 is 0. The second-order valence-electron chi connectivity index (χ2n) is 6.86. The summed E-state index contributed by atoms with van der Waals surface area (Å²) in [5.74, 6) is 0.632. The van der Waals surface area contributed by atoms with Crippen LogP contribution in [-0.4, -0.2) is 25.0 Å². The van der Waals surface area contributed by atoms with Crippen molar-refractivity contribution in [2.75, 3.05) is 23.8 Å². The summed E-state index contributed by atoms with van der Waals surface area (Å²) in [6.07, 6.45) is 0. The molecule has 0 spiro atoms. The van der Waals surface area contributed by atoms with Crippen molar-refractivity contribution >= 4 is 23.2 Å². The number of carbonyl (C=O) groups excluding carboxylic acids is 2. The van der Waals surface area contributed by atoms with Crippen LogP contribution in [0.2, 0.25) is 0 Å². The molecule has 3 rings (SSSR count). The predicted octanol–water partition coefficient (Wildman–Crippen LogP) is 5.30. The lowest BCUT2D eigenvalue weighted by Gasteiger charge is -2.12. The molecular formula is C25H26N2O4. The molecule has 6 nitrogen and oxygen atoms in total. The van der Waals surface area contributed by atoms with Crippen molar-refractivity contribution in [3.8, 4) is 11.5 Å². The summed E-state index contributed by atoms with van der Waals surface area (Å²) in [4.78, 5) is 25.4. The Morgan fingerprint density at radius 2 is 1.32 bits per heavy atom. The van der Waals surface area contributed by atoms with Crippen molar-refractivity contribution in [2.24, 2.45) is 0 Å². The van der Waals surface area contributed by atoms with Gasteiger partial charge in [-0.05, 0) is 62.7 Å². The summed E-state index contributed by atoms with van der Waals surface area (Å²) < 4.78 is 11.1. The van der Waals surface area contributed by atoms with Crippen LogP contribution >= 0.6 is 0 Å². The van der Waals surface area contributed by atoms with Crippen LogP contribution < -0.4 is 20.1 Å². The van der Waals surface area contributed by atoms with Gasteiger partial charge >= 0.3 is 0 Å². The third-order valence-corrected chi connectivity index (χ3v) is 4.53. The summed E-state index contributed by atoms with van der Waals surface area (Å²) in [6.45, 7) is 6.62. The van der Waals surface area contributed by atoms with E-state index in [1.165, 1.54) is 0 Å². The number of ether oxygens (including phenoxy) is 2. The lowest BCUT2D eigenvalue weighted by Crippen LogP contribution is -2.15. The van der Waals surface area contributed by atoms with Crippen molar-refractivity contribution in [3.63, 3.8) is 0 Å². The number of amides is 2. The van der Waals surface area contributed by atoms with Gasteiger partial charge in [-0.3, -0.25) is 9.59 Å². The third kappa shape index (κ3) is 5.85. The first-order valence-corrected chi connectivity index (χ1v) is 10.2. The molecule has 0 radical (unpaired) electrons. The van der Waals surface area contributed by atoms with Crippen molar-refractivity contribution in [2.45, 2.75) is 20.8 Å². The Labute approximate surface area is 182 Å². The van der Waals surface area contributed by atoms with Crippen LogP contribution in [-0.2, 0) is 0 Å². The molecular weight excluding hydrogens is 392 g/mol. The van der Waals surface area contributed by atoms with Crippen LogP contribution in [0.5, 0.6) is 11.5 Å². The van der Waals surface area contributed by atoms with Gasteiger partial charge in [0.05, 0.1) is 13.2 Å². The zero-order chi connectivity index (χ0) is 22.2. The van der Waals surface area contributed by atoms with E-state index in [2.05, 4.69) is 10.6 Å². The molecule has 0 aliphatic carbocycles. The number of rotatable bonds is 8. The van der Waals surface area contributed by atoms with E-state index in [-0.39, 0.29) is 11.8 Å². The average Bonchev–Trinajstić information content (AvgIpc) is 2.74. The molecule has 31 heavy (non-hydrogen) atoms. The first-order valence-electron chi connectivity index (χ1n) is 10.2. The lowest BCUT2D eigenvalue weighted by atomic mass is 10.1. The minimum atomic E-state index is -0.301. The summed E-state index contributed by atoms with van der Waals surface area (Å²) in [6, 6.07) is 19.5. The van der Waals surface area contributed by atoms with Crippen LogP contribution in [0.25, 0.3) is 0 Å². The highest BCUT2D eigenvalue weighted by Gasteiger charge is 2.12.